The summed E-state index contributed by atoms with van der Waals surface area (Å²) in [5.74, 6) is -0.0353. The highest BCUT2D eigenvalue weighted by Crippen LogP contribution is 2.30. The molecule has 1 atom stereocenters. The minimum absolute atomic E-state index is 0.0353. The summed E-state index contributed by atoms with van der Waals surface area (Å²) in [4.78, 5) is 11.7. The van der Waals surface area contributed by atoms with Crippen molar-refractivity contribution >= 4 is 27.7 Å². The van der Waals surface area contributed by atoms with E-state index in [2.05, 4.69) is 10.0 Å². The maximum atomic E-state index is 12.8. The average Bonchev–Trinajstić information content (AvgIpc) is 2.61. The molecule has 1 amide bonds. The van der Waals surface area contributed by atoms with Crippen LogP contribution in [0.1, 0.15) is 35.6 Å². The molecule has 0 aromatic heterocycles. The molecule has 6 heteroatoms. The molecule has 5 nitrogen and oxygen atoms in total. The van der Waals surface area contributed by atoms with Crippen LogP contribution in [0.5, 0.6) is 0 Å². The lowest BCUT2D eigenvalue weighted by Crippen LogP contribution is -2.30. The fourth-order valence-corrected chi connectivity index (χ4v) is 4.61. The second-order valence-electron chi connectivity index (χ2n) is 6.31. The van der Waals surface area contributed by atoms with E-state index in [4.69, 9.17) is 0 Å². The zero-order valence-corrected chi connectivity index (χ0v) is 14.3. The van der Waals surface area contributed by atoms with Crippen LogP contribution in [-0.2, 0) is 21.2 Å². The number of hydrogen-bond donors (Lipinski definition) is 2. The van der Waals surface area contributed by atoms with Crippen LogP contribution >= 0.6 is 0 Å². The maximum absolute atomic E-state index is 12.8. The summed E-state index contributed by atoms with van der Waals surface area (Å²) in [6.45, 7) is 0. The Labute approximate surface area is 146 Å². The predicted molar refractivity (Wildman–Crippen MR) is 96.5 cm³/mol. The van der Waals surface area contributed by atoms with E-state index in [9.17, 15) is 13.2 Å². The summed E-state index contributed by atoms with van der Waals surface area (Å²) >= 11 is 0. The van der Waals surface area contributed by atoms with Crippen molar-refractivity contribution in [3.8, 4) is 0 Å². The van der Waals surface area contributed by atoms with Crippen molar-refractivity contribution in [2.24, 2.45) is 0 Å². The molecule has 128 valence electrons. The van der Waals surface area contributed by atoms with Crippen molar-refractivity contribution in [3.05, 3.63) is 65.2 Å². The van der Waals surface area contributed by atoms with E-state index < -0.39 is 10.0 Å². The Morgan fingerprint density at radius 2 is 1.92 bits per heavy atom. The first kappa shape index (κ1) is 16.1. The monoisotopic (exact) mass is 354 g/mol. The van der Waals surface area contributed by atoms with Crippen molar-refractivity contribution in [2.45, 2.75) is 30.2 Å². The van der Waals surface area contributed by atoms with Gasteiger partial charge < -0.3 is 5.32 Å². The molecule has 25 heavy (non-hydrogen) atoms. The van der Waals surface area contributed by atoms with Gasteiger partial charge >= 0.3 is 0 Å². The molecule has 1 unspecified atom stereocenters. The molecule has 0 spiro atoms. The fraction of sp³-hybridized carbons (Fsp3) is 0.211. The first-order valence-corrected chi connectivity index (χ1v) is 9.72. The summed E-state index contributed by atoms with van der Waals surface area (Å²) in [5.41, 5.74) is 3.57. The number of nitrogens with one attached hydrogen (secondary N) is 2. The van der Waals surface area contributed by atoms with E-state index in [0.717, 1.165) is 16.7 Å². The quantitative estimate of drug-likeness (QED) is 0.890. The number of fused-ring (bicyclic) bond motifs is 2. The van der Waals surface area contributed by atoms with Gasteiger partial charge in [0.1, 0.15) is 0 Å². The topological polar surface area (TPSA) is 75.3 Å². The Balaban J connectivity index is 1.63. The first-order valence-electron chi connectivity index (χ1n) is 8.23. The van der Waals surface area contributed by atoms with E-state index in [1.165, 1.54) is 6.07 Å². The SMILES string of the molecule is O=C1CCc2cc(S(=O)(=O)NC3CC=Cc4ccccc43)ccc2N1. The number of sulfonamides is 1. The zero-order chi connectivity index (χ0) is 17.4. The Morgan fingerprint density at radius 1 is 1.08 bits per heavy atom. The Hall–Kier alpha value is -2.44. The molecule has 2 N–H and O–H groups in total. The number of anilines is 1. The molecule has 1 aliphatic carbocycles. The van der Waals surface area contributed by atoms with E-state index in [1.807, 2.05) is 36.4 Å². The van der Waals surface area contributed by atoms with Crippen LogP contribution in [0.25, 0.3) is 6.08 Å². The summed E-state index contributed by atoms with van der Waals surface area (Å²) in [7, 11) is -3.65. The smallest absolute Gasteiger partial charge is 0.241 e. The van der Waals surface area contributed by atoms with Crippen LogP contribution in [0, 0.1) is 0 Å². The van der Waals surface area contributed by atoms with Crippen LogP contribution in [0.4, 0.5) is 5.69 Å². The minimum Gasteiger partial charge on any atom is -0.326 e. The van der Waals surface area contributed by atoms with Crippen LogP contribution in [0.15, 0.2) is 53.4 Å². The normalized spacial score (nSPS) is 19.0. The lowest BCUT2D eigenvalue weighted by molar-refractivity contribution is -0.116. The molecule has 0 radical (unpaired) electrons. The third-order valence-electron chi connectivity index (χ3n) is 4.62. The van der Waals surface area contributed by atoms with Crippen molar-refractivity contribution in [3.63, 3.8) is 0 Å². The van der Waals surface area contributed by atoms with E-state index >= 15 is 0 Å². The predicted octanol–water partition coefficient (Wildman–Crippen LogP) is 3.01. The average molecular weight is 354 g/mol. The molecule has 2 aliphatic rings. The number of aryl methyl sites for hydroxylation is 1. The molecular weight excluding hydrogens is 336 g/mol. The Bertz CT molecular complexity index is 980. The number of carbonyl (C=O) groups excluding carboxylic acids is 1. The summed E-state index contributed by atoms with van der Waals surface area (Å²) in [5, 5.41) is 2.77. The minimum atomic E-state index is -3.65. The van der Waals surface area contributed by atoms with Gasteiger partial charge in [-0.2, -0.15) is 0 Å². The second-order valence-corrected chi connectivity index (χ2v) is 8.02. The van der Waals surface area contributed by atoms with E-state index in [-0.39, 0.29) is 16.8 Å². The number of carbonyl (C=O) groups is 1. The van der Waals surface area contributed by atoms with Crippen LogP contribution in [-0.4, -0.2) is 14.3 Å². The lowest BCUT2D eigenvalue weighted by Gasteiger charge is -2.23. The molecule has 1 heterocycles. The summed E-state index contributed by atoms with van der Waals surface area (Å²) in [6, 6.07) is 12.4. The van der Waals surface area contributed by atoms with Gasteiger partial charge in [0.15, 0.2) is 0 Å². The molecule has 2 aromatic carbocycles. The van der Waals surface area contributed by atoms with Gasteiger partial charge in [0.25, 0.3) is 0 Å². The largest absolute Gasteiger partial charge is 0.326 e. The number of benzene rings is 2. The molecule has 0 fully saturated rings. The van der Waals surface area contributed by atoms with Gasteiger partial charge in [0.05, 0.1) is 10.9 Å². The van der Waals surface area contributed by atoms with Gasteiger partial charge in [-0.1, -0.05) is 36.4 Å². The van der Waals surface area contributed by atoms with Gasteiger partial charge in [0.2, 0.25) is 15.9 Å². The Morgan fingerprint density at radius 3 is 2.80 bits per heavy atom. The molecule has 4 rings (SSSR count). The zero-order valence-electron chi connectivity index (χ0n) is 13.5. The lowest BCUT2D eigenvalue weighted by atomic mass is 9.94. The first-order chi connectivity index (χ1) is 12.0. The van der Waals surface area contributed by atoms with Gasteiger partial charge in [0, 0.05) is 12.1 Å². The third-order valence-corrected chi connectivity index (χ3v) is 6.09. The number of hydrogen-bond acceptors (Lipinski definition) is 3. The van der Waals surface area contributed by atoms with Crippen molar-refractivity contribution < 1.29 is 13.2 Å². The highest BCUT2D eigenvalue weighted by molar-refractivity contribution is 7.89. The van der Waals surface area contributed by atoms with E-state index in [0.29, 0.717) is 24.9 Å². The Kier molecular flexibility index (Phi) is 3.94. The molecular formula is C19H18N2O3S. The third kappa shape index (κ3) is 3.10. The van der Waals surface area contributed by atoms with Gasteiger partial charge in [-0.3, -0.25) is 4.79 Å². The van der Waals surface area contributed by atoms with Crippen LogP contribution < -0.4 is 10.0 Å². The number of amides is 1. The molecule has 0 bridgehead atoms. The highest BCUT2D eigenvalue weighted by atomic mass is 32.2. The van der Waals surface area contributed by atoms with Gasteiger partial charge in [-0.05, 0) is 47.7 Å². The second kappa shape index (κ2) is 6.13. The van der Waals surface area contributed by atoms with Crippen molar-refractivity contribution in [1.82, 2.24) is 4.72 Å². The maximum Gasteiger partial charge on any atom is 0.241 e. The summed E-state index contributed by atoms with van der Waals surface area (Å²) in [6.07, 6.45) is 5.56. The molecule has 1 aliphatic heterocycles. The molecule has 2 aromatic rings. The van der Waals surface area contributed by atoms with Crippen molar-refractivity contribution in [2.75, 3.05) is 5.32 Å². The fourth-order valence-electron chi connectivity index (χ4n) is 3.33. The molecule has 0 saturated carbocycles. The standard InChI is InChI=1S/C19H18N2O3S/c22-19-11-8-14-12-15(9-10-17(14)20-19)25(23,24)21-18-7-3-5-13-4-1-2-6-16(13)18/h1-6,9-10,12,18,21H,7-8,11H2,(H,20,22). The van der Waals surface area contributed by atoms with Crippen LogP contribution in [0.2, 0.25) is 0 Å². The van der Waals surface area contributed by atoms with E-state index in [1.54, 1.807) is 12.1 Å². The van der Waals surface area contributed by atoms with Crippen molar-refractivity contribution in [1.29, 1.82) is 0 Å². The number of rotatable bonds is 3. The van der Waals surface area contributed by atoms with Crippen LogP contribution in [0.3, 0.4) is 0 Å². The molecule has 0 saturated heterocycles. The van der Waals surface area contributed by atoms with Gasteiger partial charge in [-0.15, -0.1) is 0 Å². The van der Waals surface area contributed by atoms with Gasteiger partial charge in [-0.25, -0.2) is 13.1 Å². The highest BCUT2D eigenvalue weighted by Gasteiger charge is 2.25. The summed E-state index contributed by atoms with van der Waals surface area (Å²) < 4.78 is 28.5.